The van der Waals surface area contributed by atoms with Crippen LogP contribution in [0.15, 0.2) is 48.5 Å². The van der Waals surface area contributed by atoms with E-state index in [1.165, 1.54) is 0 Å². The minimum Gasteiger partial charge on any atom is -0.487 e. The van der Waals surface area contributed by atoms with Crippen LogP contribution in [0, 0.1) is 11.3 Å². The van der Waals surface area contributed by atoms with Gasteiger partial charge in [-0.1, -0.05) is 36.4 Å². The van der Waals surface area contributed by atoms with Gasteiger partial charge in [0.15, 0.2) is 6.29 Å². The van der Waals surface area contributed by atoms with Gasteiger partial charge in [0.05, 0.1) is 11.1 Å². The predicted molar refractivity (Wildman–Crippen MR) is 67.3 cm³/mol. The van der Waals surface area contributed by atoms with Crippen molar-refractivity contribution in [2.24, 2.45) is 0 Å². The first-order chi connectivity index (χ1) is 8.85. The first-order valence-electron chi connectivity index (χ1n) is 5.50. The number of para-hydroxylation sites is 1. The quantitative estimate of drug-likeness (QED) is 0.768. The van der Waals surface area contributed by atoms with E-state index in [0.717, 1.165) is 5.56 Å². The van der Waals surface area contributed by atoms with E-state index in [2.05, 4.69) is 0 Å². The average molecular weight is 237 g/mol. The van der Waals surface area contributed by atoms with Crippen LogP contribution in [0.5, 0.6) is 5.75 Å². The summed E-state index contributed by atoms with van der Waals surface area (Å²) in [6, 6.07) is 16.5. The van der Waals surface area contributed by atoms with Crippen LogP contribution in [0.2, 0.25) is 0 Å². The third-order valence-electron chi connectivity index (χ3n) is 2.52. The van der Waals surface area contributed by atoms with E-state index in [1.54, 1.807) is 18.2 Å². The normalized spacial score (nSPS) is 9.50. The van der Waals surface area contributed by atoms with E-state index in [4.69, 9.17) is 10.00 Å². The van der Waals surface area contributed by atoms with E-state index in [0.29, 0.717) is 29.8 Å². The molecule has 88 valence electrons. The highest BCUT2D eigenvalue weighted by molar-refractivity contribution is 5.81. The van der Waals surface area contributed by atoms with Gasteiger partial charge >= 0.3 is 0 Å². The number of rotatable bonds is 4. The molecule has 0 radical (unpaired) electrons. The van der Waals surface area contributed by atoms with Gasteiger partial charge in [-0.25, -0.2) is 0 Å². The highest BCUT2D eigenvalue weighted by Crippen LogP contribution is 2.23. The first-order valence-corrected chi connectivity index (χ1v) is 5.50. The molecule has 2 aromatic carbocycles. The molecule has 0 saturated carbocycles. The molecule has 2 aromatic rings. The lowest BCUT2D eigenvalue weighted by molar-refractivity contribution is 0.111. The molecular formula is C15H11NO2. The summed E-state index contributed by atoms with van der Waals surface area (Å²) in [6.07, 6.45) is 0.696. The number of hydrogen-bond donors (Lipinski definition) is 0. The fourth-order valence-electron chi connectivity index (χ4n) is 1.63. The monoisotopic (exact) mass is 237 g/mol. The maximum atomic E-state index is 10.9. The Labute approximate surface area is 105 Å². The Morgan fingerprint density at radius 1 is 1.11 bits per heavy atom. The van der Waals surface area contributed by atoms with Gasteiger partial charge in [0.2, 0.25) is 0 Å². The number of ether oxygens (including phenoxy) is 1. The van der Waals surface area contributed by atoms with Crippen molar-refractivity contribution in [1.29, 1.82) is 5.26 Å². The molecular weight excluding hydrogens is 226 g/mol. The molecule has 2 rings (SSSR count). The zero-order valence-corrected chi connectivity index (χ0v) is 9.67. The van der Waals surface area contributed by atoms with Crippen LogP contribution >= 0.6 is 0 Å². The molecule has 0 spiro atoms. The van der Waals surface area contributed by atoms with Gasteiger partial charge in [0.1, 0.15) is 18.4 Å². The molecule has 0 aromatic heterocycles. The molecule has 0 atom stereocenters. The van der Waals surface area contributed by atoms with Crippen molar-refractivity contribution < 1.29 is 9.53 Å². The van der Waals surface area contributed by atoms with Crippen LogP contribution in [0.3, 0.4) is 0 Å². The van der Waals surface area contributed by atoms with E-state index in [-0.39, 0.29) is 0 Å². The topological polar surface area (TPSA) is 50.1 Å². The van der Waals surface area contributed by atoms with Crippen molar-refractivity contribution in [1.82, 2.24) is 0 Å². The Morgan fingerprint density at radius 3 is 2.56 bits per heavy atom. The first kappa shape index (κ1) is 11.9. The molecule has 0 heterocycles. The number of hydrogen-bond acceptors (Lipinski definition) is 3. The molecule has 0 aliphatic heterocycles. The third kappa shape index (κ3) is 2.55. The second kappa shape index (κ2) is 5.65. The number of nitriles is 1. The molecule has 0 fully saturated rings. The number of nitrogens with zero attached hydrogens (tertiary/aromatic N) is 1. The number of benzene rings is 2. The maximum absolute atomic E-state index is 10.9. The zero-order chi connectivity index (χ0) is 12.8. The molecule has 0 bridgehead atoms. The van der Waals surface area contributed by atoms with Crippen LogP contribution in [0.4, 0.5) is 0 Å². The van der Waals surface area contributed by atoms with Crippen molar-refractivity contribution in [3.63, 3.8) is 0 Å². The van der Waals surface area contributed by atoms with Crippen LogP contribution in [-0.2, 0) is 6.61 Å². The van der Waals surface area contributed by atoms with E-state index in [1.807, 2.05) is 36.4 Å². The molecule has 0 unspecified atom stereocenters. The minimum absolute atomic E-state index is 0.334. The highest BCUT2D eigenvalue weighted by atomic mass is 16.5. The molecule has 18 heavy (non-hydrogen) atoms. The SMILES string of the molecule is N#Cc1cccc(C=O)c1OCc1ccccc1. The van der Waals surface area contributed by atoms with Crippen LogP contribution in [0.1, 0.15) is 21.5 Å². The van der Waals surface area contributed by atoms with Gasteiger partial charge in [-0.05, 0) is 17.7 Å². The van der Waals surface area contributed by atoms with Crippen molar-refractivity contribution >= 4 is 6.29 Å². The van der Waals surface area contributed by atoms with Gasteiger partial charge < -0.3 is 4.74 Å². The van der Waals surface area contributed by atoms with E-state index >= 15 is 0 Å². The summed E-state index contributed by atoms with van der Waals surface area (Å²) >= 11 is 0. The Bertz CT molecular complexity index is 585. The molecule has 0 amide bonds. The summed E-state index contributed by atoms with van der Waals surface area (Å²) in [6.45, 7) is 0.334. The number of carbonyl (C=O) groups excluding carboxylic acids is 1. The fourth-order valence-corrected chi connectivity index (χ4v) is 1.63. The van der Waals surface area contributed by atoms with Crippen LogP contribution in [0.25, 0.3) is 0 Å². The second-order valence-corrected chi connectivity index (χ2v) is 3.73. The summed E-state index contributed by atoms with van der Waals surface area (Å²) in [5.74, 6) is 0.346. The third-order valence-corrected chi connectivity index (χ3v) is 2.52. The van der Waals surface area contributed by atoms with E-state index < -0.39 is 0 Å². The van der Waals surface area contributed by atoms with Crippen LogP contribution < -0.4 is 4.74 Å². The molecule has 0 saturated heterocycles. The van der Waals surface area contributed by atoms with Gasteiger partial charge in [-0.2, -0.15) is 5.26 Å². The van der Waals surface area contributed by atoms with Gasteiger partial charge in [-0.15, -0.1) is 0 Å². The Balaban J connectivity index is 2.24. The number of carbonyl (C=O) groups is 1. The molecule has 0 aliphatic rings. The minimum atomic E-state index is 0.334. The molecule has 0 aliphatic carbocycles. The highest BCUT2D eigenvalue weighted by Gasteiger charge is 2.09. The van der Waals surface area contributed by atoms with Gasteiger partial charge in [-0.3, -0.25) is 4.79 Å². The Morgan fingerprint density at radius 2 is 1.89 bits per heavy atom. The van der Waals surface area contributed by atoms with E-state index in [9.17, 15) is 4.79 Å². The van der Waals surface area contributed by atoms with Crippen LogP contribution in [-0.4, -0.2) is 6.29 Å². The summed E-state index contributed by atoms with van der Waals surface area (Å²) in [4.78, 5) is 10.9. The fraction of sp³-hybridized carbons (Fsp3) is 0.0667. The molecule has 0 N–H and O–H groups in total. The van der Waals surface area contributed by atoms with Crippen molar-refractivity contribution in [3.05, 3.63) is 65.2 Å². The maximum Gasteiger partial charge on any atom is 0.153 e. The lowest BCUT2D eigenvalue weighted by Crippen LogP contribution is -2.00. The standard InChI is InChI=1S/C15H11NO2/c16-9-13-7-4-8-14(10-17)15(13)18-11-12-5-2-1-3-6-12/h1-8,10H,11H2. The lowest BCUT2D eigenvalue weighted by Gasteiger charge is -2.09. The summed E-state index contributed by atoms with van der Waals surface area (Å²) in [7, 11) is 0. The summed E-state index contributed by atoms with van der Waals surface area (Å²) < 4.78 is 5.58. The lowest BCUT2D eigenvalue weighted by atomic mass is 10.1. The van der Waals surface area contributed by atoms with Crippen molar-refractivity contribution in [2.45, 2.75) is 6.61 Å². The van der Waals surface area contributed by atoms with Crippen molar-refractivity contribution in [2.75, 3.05) is 0 Å². The Hall–Kier alpha value is -2.60. The average Bonchev–Trinajstić information content (AvgIpc) is 2.45. The number of aldehydes is 1. The Kier molecular flexibility index (Phi) is 3.72. The molecule has 3 nitrogen and oxygen atoms in total. The summed E-state index contributed by atoms with van der Waals surface area (Å²) in [5, 5.41) is 8.99. The predicted octanol–water partition coefficient (Wildman–Crippen LogP) is 2.95. The summed E-state index contributed by atoms with van der Waals surface area (Å²) in [5.41, 5.74) is 1.75. The second-order valence-electron chi connectivity index (χ2n) is 3.73. The largest absolute Gasteiger partial charge is 0.487 e. The van der Waals surface area contributed by atoms with Gasteiger partial charge in [0.25, 0.3) is 0 Å². The molecule has 3 heteroatoms. The van der Waals surface area contributed by atoms with Crippen molar-refractivity contribution in [3.8, 4) is 11.8 Å². The van der Waals surface area contributed by atoms with Gasteiger partial charge in [0, 0.05) is 0 Å². The smallest absolute Gasteiger partial charge is 0.153 e. The zero-order valence-electron chi connectivity index (χ0n) is 9.67.